The Hall–Kier alpha value is -1.33. The summed E-state index contributed by atoms with van der Waals surface area (Å²) < 4.78 is 6.83. The van der Waals surface area contributed by atoms with E-state index in [-0.39, 0.29) is 20.2 Å². The summed E-state index contributed by atoms with van der Waals surface area (Å²) in [6.07, 6.45) is 0. The molecule has 2 radical (unpaired) electrons. The van der Waals surface area contributed by atoms with E-state index >= 15 is 0 Å². The number of benzene rings is 2. The van der Waals surface area contributed by atoms with Gasteiger partial charge in [0.2, 0.25) is 0 Å². The van der Waals surface area contributed by atoms with Crippen LogP contribution >= 0.6 is 0 Å². The van der Waals surface area contributed by atoms with Gasteiger partial charge in [-0.2, -0.15) is 0 Å². The summed E-state index contributed by atoms with van der Waals surface area (Å²) >= 11 is 0. The van der Waals surface area contributed by atoms with Crippen LogP contribution in [0.2, 0.25) is 20.2 Å². The van der Waals surface area contributed by atoms with Crippen molar-refractivity contribution in [3.63, 3.8) is 0 Å². The van der Waals surface area contributed by atoms with Crippen LogP contribution in [-0.4, -0.2) is 17.6 Å². The lowest BCUT2D eigenvalue weighted by Crippen LogP contribution is -2.47. The second kappa shape index (κ2) is 8.90. The molecule has 0 bridgehead atoms. The summed E-state index contributed by atoms with van der Waals surface area (Å²) in [5, 5.41) is 3.73. The minimum absolute atomic E-state index is 0.230. The van der Waals surface area contributed by atoms with Gasteiger partial charge in [0.15, 0.2) is 0 Å². The molecule has 0 amide bonds. The molecule has 0 saturated carbocycles. The standard InChI is InChI=1S/C28H44OSi2/c1-25(2,3)30(26(4,5)6)23-19-15-13-17-21(23)29-22-18-14-16-20-24(22)31(27(7,8)9)28(10,11)12/h13-20H,1-12H3. The van der Waals surface area contributed by atoms with Crippen LogP contribution in [0.25, 0.3) is 0 Å². The van der Waals surface area contributed by atoms with Crippen molar-refractivity contribution in [3.8, 4) is 11.5 Å². The van der Waals surface area contributed by atoms with Crippen LogP contribution < -0.4 is 15.1 Å². The van der Waals surface area contributed by atoms with E-state index in [4.69, 9.17) is 4.74 Å². The van der Waals surface area contributed by atoms with Crippen molar-refractivity contribution >= 4 is 28.0 Å². The minimum Gasteiger partial charge on any atom is -0.458 e. The predicted molar refractivity (Wildman–Crippen MR) is 143 cm³/mol. The molecule has 0 saturated heterocycles. The molecule has 0 aliphatic heterocycles. The van der Waals surface area contributed by atoms with Crippen molar-refractivity contribution in [2.45, 2.75) is 103 Å². The van der Waals surface area contributed by atoms with Crippen LogP contribution in [0.5, 0.6) is 11.5 Å². The fourth-order valence-corrected chi connectivity index (χ4v) is 14.5. The summed E-state index contributed by atoms with van der Waals surface area (Å²) in [5.41, 5.74) is 0. The molecule has 3 heteroatoms. The molecular formula is C28H44OSi2. The van der Waals surface area contributed by atoms with Crippen LogP contribution in [0.15, 0.2) is 48.5 Å². The van der Waals surface area contributed by atoms with Gasteiger partial charge in [0.25, 0.3) is 0 Å². The van der Waals surface area contributed by atoms with Crippen molar-refractivity contribution in [2.75, 3.05) is 0 Å². The zero-order chi connectivity index (χ0) is 23.8. The molecule has 2 aromatic rings. The fraction of sp³-hybridized carbons (Fsp3) is 0.571. The zero-order valence-electron chi connectivity index (χ0n) is 22.0. The molecule has 0 fully saturated rings. The van der Waals surface area contributed by atoms with E-state index in [0.717, 1.165) is 11.5 Å². The zero-order valence-corrected chi connectivity index (χ0v) is 24.0. The quantitative estimate of drug-likeness (QED) is 0.426. The highest BCUT2D eigenvalue weighted by molar-refractivity contribution is 6.80. The molecule has 0 unspecified atom stereocenters. The molecule has 0 heterocycles. The summed E-state index contributed by atoms with van der Waals surface area (Å²) in [5.74, 6) is 2.08. The summed E-state index contributed by atoms with van der Waals surface area (Å²) in [4.78, 5) is 0. The Bertz CT molecular complexity index is 772. The molecular weight excluding hydrogens is 408 g/mol. The molecule has 0 spiro atoms. The lowest BCUT2D eigenvalue weighted by molar-refractivity contribution is 0.487. The Morgan fingerprint density at radius 1 is 0.452 bits per heavy atom. The van der Waals surface area contributed by atoms with E-state index < -0.39 is 17.6 Å². The van der Waals surface area contributed by atoms with Crippen LogP contribution in [0.3, 0.4) is 0 Å². The van der Waals surface area contributed by atoms with E-state index in [1.807, 2.05) is 0 Å². The fourth-order valence-electron chi connectivity index (χ4n) is 5.51. The Morgan fingerprint density at radius 3 is 0.968 bits per heavy atom. The normalized spacial score (nSPS) is 13.7. The molecule has 2 aromatic carbocycles. The number of hydrogen-bond acceptors (Lipinski definition) is 1. The first kappa shape index (κ1) is 25.9. The predicted octanol–water partition coefficient (Wildman–Crippen LogP) is 8.08. The highest BCUT2D eigenvalue weighted by atomic mass is 28.3. The first-order valence-electron chi connectivity index (χ1n) is 11.6. The molecule has 31 heavy (non-hydrogen) atoms. The van der Waals surface area contributed by atoms with E-state index in [2.05, 4.69) is 132 Å². The Kier molecular flexibility index (Phi) is 7.44. The maximum Gasteiger partial charge on any atom is 0.126 e. The third-order valence-corrected chi connectivity index (χ3v) is 13.4. The summed E-state index contributed by atoms with van der Waals surface area (Å²) in [6, 6.07) is 17.6. The maximum absolute atomic E-state index is 6.83. The van der Waals surface area contributed by atoms with Gasteiger partial charge in [-0.25, -0.2) is 0 Å². The lowest BCUT2D eigenvalue weighted by atomic mass is 10.2. The van der Waals surface area contributed by atoms with E-state index in [1.165, 1.54) is 10.4 Å². The van der Waals surface area contributed by atoms with Gasteiger partial charge in [0.1, 0.15) is 29.1 Å². The average molecular weight is 453 g/mol. The number of rotatable bonds is 4. The first-order chi connectivity index (χ1) is 13.9. The summed E-state index contributed by atoms with van der Waals surface area (Å²) in [7, 11) is -1.81. The largest absolute Gasteiger partial charge is 0.458 e. The topological polar surface area (TPSA) is 9.23 Å². The molecule has 2 rings (SSSR count). The van der Waals surface area contributed by atoms with E-state index in [1.54, 1.807) is 0 Å². The molecule has 170 valence electrons. The van der Waals surface area contributed by atoms with Gasteiger partial charge in [0, 0.05) is 0 Å². The van der Waals surface area contributed by atoms with E-state index in [0.29, 0.717) is 0 Å². The lowest BCUT2D eigenvalue weighted by Gasteiger charge is -2.41. The monoisotopic (exact) mass is 452 g/mol. The molecule has 1 nitrogen and oxygen atoms in total. The van der Waals surface area contributed by atoms with Crippen molar-refractivity contribution in [1.82, 2.24) is 0 Å². The number of ether oxygens (including phenoxy) is 1. The van der Waals surface area contributed by atoms with Gasteiger partial charge in [-0.3, -0.25) is 0 Å². The van der Waals surface area contributed by atoms with Gasteiger partial charge in [-0.1, -0.05) is 119 Å². The smallest absolute Gasteiger partial charge is 0.126 e. The number of hydrogen-bond donors (Lipinski definition) is 0. The molecule has 0 aliphatic rings. The first-order valence-corrected chi connectivity index (χ1v) is 14.6. The molecule has 0 atom stereocenters. The third-order valence-electron chi connectivity index (χ3n) is 5.53. The molecule has 0 aromatic heterocycles. The third kappa shape index (κ3) is 6.35. The van der Waals surface area contributed by atoms with Crippen LogP contribution in [0.1, 0.15) is 83.1 Å². The summed E-state index contributed by atoms with van der Waals surface area (Å²) in [6.45, 7) is 28.6. The highest BCUT2D eigenvalue weighted by Crippen LogP contribution is 2.44. The van der Waals surface area contributed by atoms with Gasteiger partial charge in [0.05, 0.1) is 0 Å². The maximum atomic E-state index is 6.83. The average Bonchev–Trinajstić information content (AvgIpc) is 2.53. The van der Waals surface area contributed by atoms with Gasteiger partial charge in [-0.05, 0) is 42.7 Å². The SMILES string of the molecule is CC(C)(C)[Si](c1ccccc1Oc1ccccc1[Si](C(C)(C)C)C(C)(C)C)C(C)(C)C. The van der Waals surface area contributed by atoms with Crippen molar-refractivity contribution in [3.05, 3.63) is 48.5 Å². The van der Waals surface area contributed by atoms with Gasteiger partial charge < -0.3 is 4.74 Å². The highest BCUT2D eigenvalue weighted by Gasteiger charge is 2.41. The van der Waals surface area contributed by atoms with Crippen molar-refractivity contribution in [1.29, 1.82) is 0 Å². The van der Waals surface area contributed by atoms with Gasteiger partial charge >= 0.3 is 0 Å². The van der Waals surface area contributed by atoms with Gasteiger partial charge in [-0.15, -0.1) is 0 Å². The molecule has 0 aliphatic carbocycles. The number of para-hydroxylation sites is 2. The van der Waals surface area contributed by atoms with Crippen LogP contribution in [0, 0.1) is 0 Å². The minimum atomic E-state index is -0.907. The van der Waals surface area contributed by atoms with Crippen LogP contribution in [-0.2, 0) is 0 Å². The second-order valence-corrected chi connectivity index (χ2v) is 21.4. The van der Waals surface area contributed by atoms with Crippen LogP contribution in [0.4, 0.5) is 0 Å². The van der Waals surface area contributed by atoms with E-state index in [9.17, 15) is 0 Å². The van der Waals surface area contributed by atoms with Crippen molar-refractivity contribution in [2.24, 2.45) is 0 Å². The van der Waals surface area contributed by atoms with Crippen molar-refractivity contribution < 1.29 is 4.74 Å². The molecule has 0 N–H and O–H groups in total. The Morgan fingerprint density at radius 2 is 0.710 bits per heavy atom. The Balaban J connectivity index is 2.63. The second-order valence-electron chi connectivity index (χ2n) is 12.8. The Labute approximate surface area is 195 Å².